The van der Waals surface area contributed by atoms with Crippen molar-refractivity contribution in [3.63, 3.8) is 0 Å². The van der Waals surface area contributed by atoms with Crippen LogP contribution in [0.2, 0.25) is 0 Å². The summed E-state index contributed by atoms with van der Waals surface area (Å²) in [6.45, 7) is 16.3. The molecule has 0 heterocycles. The van der Waals surface area contributed by atoms with Crippen molar-refractivity contribution in [2.24, 2.45) is 5.41 Å². The van der Waals surface area contributed by atoms with Crippen LogP contribution in [0.3, 0.4) is 0 Å². The maximum atomic E-state index is 11.2. The SMILES string of the molecule is CC(C)(c1ccccc1)c1ccc(OC(c2ccc(C(C)(C)c3ccccc3)cc2C(C)(C)c2ccccc2)C(CO)(CO)CO)c(C(C)(C)c2ccccc2)c1.O=[PH](O)O[PH](=O)O. The topological polar surface area (TPSA) is 154 Å². The fourth-order valence-electron chi connectivity index (χ4n) is 8.41. The standard InChI is InChI=1S/C53H60O4.H4O5P2/c1-49(2,38-21-13-9-14-22-38)42-29-31-44(45(33-42)51(5,6)40-25-17-11-18-26-40)48(53(35-54,36-55)37-56)57-47-32-30-43(50(3,4)39-23-15-10-16-24-39)34-46(47)52(7,8)41-27-19-12-20-28-41;1-6(2)5-7(3)4/h9-34,48,54-56H,35-37H2,1-8H3;6-7H,(H,1,2)(H,3,4). The summed E-state index contributed by atoms with van der Waals surface area (Å²) < 4.78 is 29.7. The lowest BCUT2D eigenvalue weighted by molar-refractivity contribution is -0.0751. The van der Waals surface area contributed by atoms with Crippen LogP contribution < -0.4 is 4.74 Å². The van der Waals surface area contributed by atoms with Crippen LogP contribution in [-0.2, 0) is 35.1 Å². The van der Waals surface area contributed by atoms with Crippen molar-refractivity contribution in [2.75, 3.05) is 19.8 Å². The molecule has 0 aliphatic carbocycles. The van der Waals surface area contributed by atoms with Gasteiger partial charge in [-0.1, -0.05) is 207 Å². The van der Waals surface area contributed by atoms with Gasteiger partial charge in [0.05, 0.1) is 25.2 Å². The van der Waals surface area contributed by atoms with E-state index in [0.717, 1.165) is 38.9 Å². The van der Waals surface area contributed by atoms with E-state index in [1.807, 2.05) is 30.3 Å². The van der Waals surface area contributed by atoms with E-state index in [9.17, 15) is 24.4 Å². The van der Waals surface area contributed by atoms with E-state index < -0.39 is 58.7 Å². The number of aliphatic hydroxyl groups excluding tert-OH is 3. The lowest BCUT2D eigenvalue weighted by Gasteiger charge is -2.41. The molecule has 340 valence electrons. The number of benzene rings is 6. The molecule has 11 heteroatoms. The minimum Gasteiger partial charge on any atom is -0.485 e. The number of hydrogen-bond donors (Lipinski definition) is 5. The molecular weight excluding hydrogens is 843 g/mol. The molecule has 0 radical (unpaired) electrons. The smallest absolute Gasteiger partial charge is 0.323 e. The Labute approximate surface area is 380 Å². The van der Waals surface area contributed by atoms with Gasteiger partial charge in [-0.05, 0) is 50.6 Å². The van der Waals surface area contributed by atoms with Gasteiger partial charge in [-0.15, -0.1) is 0 Å². The molecule has 0 aliphatic heterocycles. The first-order valence-electron chi connectivity index (χ1n) is 21.4. The molecule has 6 aromatic carbocycles. The molecule has 3 unspecified atom stereocenters. The summed E-state index contributed by atoms with van der Waals surface area (Å²) in [4.78, 5) is 15.4. The zero-order chi connectivity index (χ0) is 46.9. The van der Waals surface area contributed by atoms with Crippen molar-refractivity contribution >= 4 is 16.5 Å². The van der Waals surface area contributed by atoms with Crippen LogP contribution in [-0.4, -0.2) is 44.9 Å². The van der Waals surface area contributed by atoms with Crippen molar-refractivity contribution in [3.8, 4) is 5.75 Å². The number of hydrogen-bond acceptors (Lipinski definition) is 7. The molecule has 0 bridgehead atoms. The van der Waals surface area contributed by atoms with E-state index in [2.05, 4.69) is 187 Å². The van der Waals surface area contributed by atoms with Gasteiger partial charge in [-0.2, -0.15) is 0 Å². The molecule has 0 saturated heterocycles. The summed E-state index contributed by atoms with van der Waals surface area (Å²) in [6.07, 6.45) is -0.942. The molecule has 0 saturated carbocycles. The maximum Gasteiger partial charge on any atom is 0.323 e. The minimum absolute atomic E-state index is 0.319. The maximum absolute atomic E-state index is 11.2. The molecule has 0 aliphatic rings. The van der Waals surface area contributed by atoms with Crippen LogP contribution in [0.1, 0.15) is 112 Å². The average molecular weight is 907 g/mol. The van der Waals surface area contributed by atoms with Crippen LogP contribution >= 0.6 is 16.5 Å². The van der Waals surface area contributed by atoms with E-state index in [4.69, 9.17) is 14.5 Å². The summed E-state index contributed by atoms with van der Waals surface area (Å²) in [7, 11) is -6.40. The molecule has 0 fully saturated rings. The Balaban J connectivity index is 0.00000102. The third-order valence-corrected chi connectivity index (χ3v) is 14.4. The summed E-state index contributed by atoms with van der Waals surface area (Å²) in [6, 6.07) is 54.8. The number of ether oxygens (including phenoxy) is 1. The highest BCUT2D eigenvalue weighted by atomic mass is 31.2. The third-order valence-electron chi connectivity index (χ3n) is 13.0. The van der Waals surface area contributed by atoms with Gasteiger partial charge in [0.1, 0.15) is 11.9 Å². The Kier molecular flexibility index (Phi) is 16.6. The predicted octanol–water partition coefficient (Wildman–Crippen LogP) is 10.8. The summed E-state index contributed by atoms with van der Waals surface area (Å²) in [5.41, 5.74) is 6.49. The molecule has 3 atom stereocenters. The van der Waals surface area contributed by atoms with E-state index in [1.54, 1.807) is 0 Å². The van der Waals surface area contributed by atoms with E-state index in [-0.39, 0.29) is 10.8 Å². The highest BCUT2D eigenvalue weighted by Crippen LogP contribution is 2.49. The van der Waals surface area contributed by atoms with Gasteiger partial charge in [0.25, 0.3) is 0 Å². The van der Waals surface area contributed by atoms with Gasteiger partial charge in [0.15, 0.2) is 0 Å². The molecule has 0 spiro atoms. The third kappa shape index (κ3) is 11.1. The largest absolute Gasteiger partial charge is 0.485 e. The van der Waals surface area contributed by atoms with E-state index in [1.165, 1.54) is 11.1 Å². The normalized spacial score (nSPS) is 13.9. The van der Waals surface area contributed by atoms with Crippen LogP contribution in [0.15, 0.2) is 158 Å². The van der Waals surface area contributed by atoms with Crippen LogP contribution in [0.25, 0.3) is 0 Å². The summed E-state index contributed by atoms with van der Waals surface area (Å²) >= 11 is 0. The lowest BCUT2D eigenvalue weighted by Crippen LogP contribution is -2.44. The Morgan fingerprint density at radius 1 is 0.438 bits per heavy atom. The molecule has 9 nitrogen and oxygen atoms in total. The molecule has 0 amide bonds. The first-order valence-corrected chi connectivity index (χ1v) is 23.9. The Morgan fingerprint density at radius 3 is 1.11 bits per heavy atom. The number of rotatable bonds is 17. The molecule has 5 N–H and O–H groups in total. The highest BCUT2D eigenvalue weighted by Gasteiger charge is 2.45. The van der Waals surface area contributed by atoms with Crippen LogP contribution in [0, 0.1) is 5.41 Å². The van der Waals surface area contributed by atoms with E-state index >= 15 is 0 Å². The Bertz CT molecular complexity index is 2450. The van der Waals surface area contributed by atoms with Crippen LogP contribution in [0.4, 0.5) is 0 Å². The summed E-state index contributed by atoms with van der Waals surface area (Å²) in [5.74, 6) is 0.623. The van der Waals surface area contributed by atoms with Crippen LogP contribution in [0.5, 0.6) is 5.75 Å². The summed E-state index contributed by atoms with van der Waals surface area (Å²) in [5, 5.41) is 33.6. The highest BCUT2D eigenvalue weighted by molar-refractivity contribution is 7.46. The molecular formula is C53H64O9P2. The first-order chi connectivity index (χ1) is 30.3. The van der Waals surface area contributed by atoms with Gasteiger partial charge in [-0.25, -0.2) is 4.31 Å². The van der Waals surface area contributed by atoms with Crippen molar-refractivity contribution in [1.82, 2.24) is 0 Å². The van der Waals surface area contributed by atoms with Gasteiger partial charge >= 0.3 is 16.5 Å². The second-order valence-electron chi connectivity index (χ2n) is 18.4. The monoisotopic (exact) mass is 906 g/mol. The fraction of sp³-hybridized carbons (Fsp3) is 0.321. The number of aliphatic hydroxyl groups is 3. The van der Waals surface area contributed by atoms with Crippen molar-refractivity contribution < 1.29 is 43.3 Å². The second kappa shape index (κ2) is 21.1. The zero-order valence-corrected chi connectivity index (χ0v) is 40.1. The van der Waals surface area contributed by atoms with Crippen molar-refractivity contribution in [2.45, 2.75) is 83.2 Å². The van der Waals surface area contributed by atoms with E-state index in [0.29, 0.717) is 5.75 Å². The van der Waals surface area contributed by atoms with Crippen molar-refractivity contribution in [1.29, 1.82) is 0 Å². The molecule has 64 heavy (non-hydrogen) atoms. The molecule has 6 rings (SSSR count). The fourth-order valence-corrected chi connectivity index (χ4v) is 9.00. The Morgan fingerprint density at radius 2 is 0.766 bits per heavy atom. The van der Waals surface area contributed by atoms with Gasteiger partial charge < -0.3 is 29.8 Å². The van der Waals surface area contributed by atoms with Crippen molar-refractivity contribution in [3.05, 3.63) is 208 Å². The Hall–Kier alpha value is -4.66. The molecule has 0 aromatic heterocycles. The molecule has 6 aromatic rings. The van der Waals surface area contributed by atoms with Gasteiger partial charge in [-0.3, -0.25) is 9.13 Å². The second-order valence-corrected chi connectivity index (χ2v) is 20.3. The quantitative estimate of drug-likeness (QED) is 0.0563. The van der Waals surface area contributed by atoms with Gasteiger partial charge in [0.2, 0.25) is 0 Å². The zero-order valence-electron chi connectivity index (χ0n) is 38.1. The first kappa shape index (κ1) is 50.3. The predicted molar refractivity (Wildman–Crippen MR) is 258 cm³/mol. The van der Waals surface area contributed by atoms with Gasteiger partial charge in [0, 0.05) is 27.2 Å². The average Bonchev–Trinajstić information content (AvgIpc) is 3.30. The minimum atomic E-state index is -3.20. The lowest BCUT2D eigenvalue weighted by atomic mass is 9.68.